The van der Waals surface area contributed by atoms with Crippen LogP contribution in [0.3, 0.4) is 0 Å². The Morgan fingerprint density at radius 1 is 1.71 bits per heavy atom. The zero-order valence-electron chi connectivity index (χ0n) is 8.66. The molecule has 0 aromatic rings. The molecule has 2 N–H and O–H groups in total. The zero-order chi connectivity index (χ0) is 10.6. The minimum absolute atomic E-state index is 0.264. The zero-order valence-corrected chi connectivity index (χ0v) is 9.48. The standard InChI is InChI=1S/C10H18N2OS/c1-2-3-8-6-10(13)12(7-8)5-4-9(11)14/h8H,2-7H2,1H3,(H2,11,14). The van der Waals surface area contributed by atoms with Crippen LogP contribution in [0, 0.1) is 5.92 Å². The average Bonchev–Trinajstić information content (AvgIpc) is 2.44. The summed E-state index contributed by atoms with van der Waals surface area (Å²) in [4.78, 5) is 13.9. The van der Waals surface area contributed by atoms with Gasteiger partial charge < -0.3 is 10.6 Å². The lowest BCUT2D eigenvalue weighted by Gasteiger charge is -2.15. The number of likely N-dealkylation sites (tertiary alicyclic amines) is 1. The van der Waals surface area contributed by atoms with Crippen LogP contribution in [0.5, 0.6) is 0 Å². The lowest BCUT2D eigenvalue weighted by atomic mass is 10.0. The largest absolute Gasteiger partial charge is 0.393 e. The van der Waals surface area contributed by atoms with Crippen molar-refractivity contribution in [3.05, 3.63) is 0 Å². The molecule has 1 rings (SSSR count). The fourth-order valence-corrected chi connectivity index (χ4v) is 2.01. The highest BCUT2D eigenvalue weighted by Gasteiger charge is 2.28. The minimum Gasteiger partial charge on any atom is -0.393 e. The van der Waals surface area contributed by atoms with Gasteiger partial charge in [-0.1, -0.05) is 25.6 Å². The molecule has 1 aliphatic rings. The van der Waals surface area contributed by atoms with E-state index < -0.39 is 0 Å². The normalized spacial score (nSPS) is 21.6. The predicted octanol–water partition coefficient (Wildman–Crippen LogP) is 1.31. The number of nitrogens with zero attached hydrogens (tertiary/aromatic N) is 1. The monoisotopic (exact) mass is 214 g/mol. The average molecular weight is 214 g/mol. The summed E-state index contributed by atoms with van der Waals surface area (Å²) in [5.74, 6) is 0.818. The van der Waals surface area contributed by atoms with Gasteiger partial charge in [-0.05, 0) is 12.3 Å². The maximum Gasteiger partial charge on any atom is 0.222 e. The molecule has 3 nitrogen and oxygen atoms in total. The summed E-state index contributed by atoms with van der Waals surface area (Å²) in [6.07, 6.45) is 3.67. The molecule has 1 unspecified atom stereocenters. The Kier molecular flexibility index (Phi) is 4.32. The van der Waals surface area contributed by atoms with E-state index >= 15 is 0 Å². The number of rotatable bonds is 5. The van der Waals surface area contributed by atoms with Gasteiger partial charge in [0, 0.05) is 25.9 Å². The van der Waals surface area contributed by atoms with Crippen molar-refractivity contribution in [2.75, 3.05) is 13.1 Å². The number of hydrogen-bond acceptors (Lipinski definition) is 2. The van der Waals surface area contributed by atoms with Gasteiger partial charge in [0.1, 0.15) is 0 Å². The van der Waals surface area contributed by atoms with Gasteiger partial charge in [0.05, 0.1) is 4.99 Å². The van der Waals surface area contributed by atoms with Crippen LogP contribution in [0.1, 0.15) is 32.6 Å². The van der Waals surface area contributed by atoms with Crippen molar-refractivity contribution in [1.82, 2.24) is 4.90 Å². The SMILES string of the molecule is CCCC1CC(=O)N(CCC(N)=S)C1. The third-order valence-corrected chi connectivity index (χ3v) is 2.82. The molecule has 0 aromatic heterocycles. The van der Waals surface area contributed by atoms with Crippen molar-refractivity contribution in [2.24, 2.45) is 11.7 Å². The molecule has 1 heterocycles. The van der Waals surface area contributed by atoms with Gasteiger partial charge in [0.2, 0.25) is 5.91 Å². The summed E-state index contributed by atoms with van der Waals surface area (Å²) in [6, 6.07) is 0. The lowest BCUT2D eigenvalue weighted by molar-refractivity contribution is -0.127. The molecule has 0 aliphatic carbocycles. The predicted molar refractivity (Wildman–Crippen MR) is 61.0 cm³/mol. The third-order valence-electron chi connectivity index (χ3n) is 2.62. The van der Waals surface area contributed by atoms with Crippen LogP contribution in [0.15, 0.2) is 0 Å². The molecular weight excluding hydrogens is 196 g/mol. The summed E-state index contributed by atoms with van der Waals surface area (Å²) in [5, 5.41) is 0. The molecule has 0 saturated carbocycles. The number of hydrogen-bond donors (Lipinski definition) is 1. The van der Waals surface area contributed by atoms with Gasteiger partial charge in [-0.25, -0.2) is 0 Å². The molecule has 1 aliphatic heterocycles. The first-order chi connectivity index (χ1) is 6.63. The molecule has 0 bridgehead atoms. The summed E-state index contributed by atoms with van der Waals surface area (Å²) in [5.41, 5.74) is 5.40. The van der Waals surface area contributed by atoms with E-state index in [0.717, 1.165) is 19.4 Å². The van der Waals surface area contributed by atoms with Crippen LogP contribution in [-0.4, -0.2) is 28.9 Å². The van der Waals surface area contributed by atoms with Crippen LogP contribution in [-0.2, 0) is 4.79 Å². The molecule has 0 radical (unpaired) electrons. The van der Waals surface area contributed by atoms with Gasteiger partial charge in [0.15, 0.2) is 0 Å². The van der Waals surface area contributed by atoms with Crippen LogP contribution >= 0.6 is 12.2 Å². The van der Waals surface area contributed by atoms with E-state index in [0.29, 0.717) is 30.3 Å². The van der Waals surface area contributed by atoms with Gasteiger partial charge >= 0.3 is 0 Å². The Bertz CT molecular complexity index is 230. The Morgan fingerprint density at radius 3 is 3.00 bits per heavy atom. The second-order valence-electron chi connectivity index (χ2n) is 3.91. The Hall–Kier alpha value is -0.640. The summed E-state index contributed by atoms with van der Waals surface area (Å²) in [6.45, 7) is 3.76. The van der Waals surface area contributed by atoms with E-state index in [9.17, 15) is 4.79 Å². The Labute approximate surface area is 90.6 Å². The molecule has 0 spiro atoms. The van der Waals surface area contributed by atoms with E-state index in [1.807, 2.05) is 4.90 Å². The highest BCUT2D eigenvalue weighted by Crippen LogP contribution is 2.21. The first-order valence-electron chi connectivity index (χ1n) is 5.19. The summed E-state index contributed by atoms with van der Waals surface area (Å²) < 4.78 is 0. The quantitative estimate of drug-likeness (QED) is 0.702. The molecule has 1 amide bonds. The second kappa shape index (κ2) is 5.29. The van der Waals surface area contributed by atoms with E-state index in [-0.39, 0.29) is 5.91 Å². The summed E-state index contributed by atoms with van der Waals surface area (Å²) in [7, 11) is 0. The van der Waals surface area contributed by atoms with Gasteiger partial charge in [0.25, 0.3) is 0 Å². The number of thiocarbonyl (C=S) groups is 1. The maximum absolute atomic E-state index is 11.5. The van der Waals surface area contributed by atoms with Crippen molar-refractivity contribution in [3.63, 3.8) is 0 Å². The first-order valence-corrected chi connectivity index (χ1v) is 5.60. The third kappa shape index (κ3) is 3.25. The minimum atomic E-state index is 0.264. The van der Waals surface area contributed by atoms with Crippen LogP contribution in [0.25, 0.3) is 0 Å². The number of carbonyl (C=O) groups excluding carboxylic acids is 1. The number of carbonyl (C=O) groups is 1. The van der Waals surface area contributed by atoms with E-state index in [1.54, 1.807) is 0 Å². The Balaban J connectivity index is 2.33. The lowest BCUT2D eigenvalue weighted by Crippen LogP contribution is -2.29. The van der Waals surface area contributed by atoms with Crippen molar-refractivity contribution >= 4 is 23.1 Å². The molecule has 1 fully saturated rings. The topological polar surface area (TPSA) is 46.3 Å². The van der Waals surface area contributed by atoms with Gasteiger partial charge in [-0.2, -0.15) is 0 Å². The van der Waals surface area contributed by atoms with E-state index in [4.69, 9.17) is 18.0 Å². The van der Waals surface area contributed by atoms with Crippen molar-refractivity contribution in [3.8, 4) is 0 Å². The molecule has 0 aromatic carbocycles. The number of nitrogens with two attached hydrogens (primary N) is 1. The van der Waals surface area contributed by atoms with Crippen LogP contribution < -0.4 is 5.73 Å². The maximum atomic E-state index is 11.5. The smallest absolute Gasteiger partial charge is 0.222 e. The van der Waals surface area contributed by atoms with E-state index in [2.05, 4.69) is 6.92 Å². The van der Waals surface area contributed by atoms with Crippen molar-refractivity contribution < 1.29 is 4.79 Å². The molecule has 4 heteroatoms. The Morgan fingerprint density at radius 2 is 2.43 bits per heavy atom. The van der Waals surface area contributed by atoms with Crippen LogP contribution in [0.2, 0.25) is 0 Å². The van der Waals surface area contributed by atoms with Crippen molar-refractivity contribution in [1.29, 1.82) is 0 Å². The van der Waals surface area contributed by atoms with Gasteiger partial charge in [-0.15, -0.1) is 0 Å². The highest BCUT2D eigenvalue weighted by atomic mass is 32.1. The molecule has 14 heavy (non-hydrogen) atoms. The van der Waals surface area contributed by atoms with E-state index in [1.165, 1.54) is 0 Å². The molecular formula is C10H18N2OS. The van der Waals surface area contributed by atoms with Crippen LogP contribution in [0.4, 0.5) is 0 Å². The molecule has 1 saturated heterocycles. The molecule has 1 atom stereocenters. The fourth-order valence-electron chi connectivity index (χ4n) is 1.92. The van der Waals surface area contributed by atoms with Crippen molar-refractivity contribution in [2.45, 2.75) is 32.6 Å². The fraction of sp³-hybridized carbons (Fsp3) is 0.800. The number of amides is 1. The van der Waals surface area contributed by atoms with Gasteiger partial charge in [-0.3, -0.25) is 4.79 Å². The first kappa shape index (κ1) is 11.4. The summed E-state index contributed by atoms with van der Waals surface area (Å²) >= 11 is 4.79. The second-order valence-corrected chi connectivity index (χ2v) is 4.44. The molecule has 80 valence electrons. The highest BCUT2D eigenvalue weighted by molar-refractivity contribution is 7.80.